The fourth-order valence-corrected chi connectivity index (χ4v) is 3.70. The number of para-hydroxylation sites is 1. The molecule has 4 nitrogen and oxygen atoms in total. The van der Waals surface area contributed by atoms with E-state index in [-0.39, 0.29) is 11.5 Å². The van der Waals surface area contributed by atoms with Gasteiger partial charge in [-0.15, -0.1) is 0 Å². The van der Waals surface area contributed by atoms with Crippen LogP contribution in [0.4, 0.5) is 5.69 Å². The van der Waals surface area contributed by atoms with Gasteiger partial charge in [-0.1, -0.05) is 29.3 Å². The lowest BCUT2D eigenvalue weighted by Gasteiger charge is -2.29. The zero-order valence-corrected chi connectivity index (χ0v) is 13.0. The molecule has 1 aliphatic rings. The third kappa shape index (κ3) is 3.72. The zero-order valence-electron chi connectivity index (χ0n) is 9.90. The van der Waals surface area contributed by atoms with Gasteiger partial charge in [-0.25, -0.2) is 8.42 Å². The zero-order chi connectivity index (χ0) is 14.0. The highest BCUT2D eigenvalue weighted by Gasteiger charge is 2.23. The van der Waals surface area contributed by atoms with Crippen LogP contribution in [0, 0.1) is 0 Å². The van der Waals surface area contributed by atoms with Gasteiger partial charge in [-0.3, -0.25) is 0 Å². The third-order valence-electron chi connectivity index (χ3n) is 2.83. The van der Waals surface area contributed by atoms with Crippen molar-refractivity contribution in [3.63, 3.8) is 0 Å². The maximum atomic E-state index is 11.4. The molecule has 1 aliphatic heterocycles. The lowest BCUT2D eigenvalue weighted by molar-refractivity contribution is 0.448. The second kappa shape index (κ2) is 5.83. The Morgan fingerprint density at radius 2 is 1.74 bits per heavy atom. The van der Waals surface area contributed by atoms with Crippen molar-refractivity contribution in [2.45, 2.75) is 0 Å². The van der Waals surface area contributed by atoms with Crippen molar-refractivity contribution < 1.29 is 8.42 Å². The van der Waals surface area contributed by atoms with E-state index in [2.05, 4.69) is 5.32 Å². The number of hydrogen-bond donors (Lipinski definition) is 1. The van der Waals surface area contributed by atoms with Gasteiger partial charge in [0.25, 0.3) is 0 Å². The van der Waals surface area contributed by atoms with Crippen LogP contribution < -0.4 is 5.32 Å². The first-order chi connectivity index (χ1) is 8.89. The Labute approximate surface area is 127 Å². The van der Waals surface area contributed by atoms with Crippen molar-refractivity contribution >= 4 is 56.1 Å². The van der Waals surface area contributed by atoms with E-state index in [0.717, 1.165) is 0 Å². The summed E-state index contributed by atoms with van der Waals surface area (Å²) in [5, 5.41) is 4.35. The van der Waals surface area contributed by atoms with E-state index in [9.17, 15) is 8.42 Å². The highest BCUT2D eigenvalue weighted by atomic mass is 35.5. The first-order valence-electron chi connectivity index (χ1n) is 5.59. The minimum atomic E-state index is -2.92. The number of sulfone groups is 1. The third-order valence-corrected chi connectivity index (χ3v) is 5.43. The summed E-state index contributed by atoms with van der Waals surface area (Å²) < 4.78 is 22.7. The van der Waals surface area contributed by atoms with E-state index >= 15 is 0 Å². The molecule has 0 radical (unpaired) electrons. The molecule has 104 valence electrons. The van der Waals surface area contributed by atoms with E-state index in [1.165, 1.54) is 0 Å². The molecular weight excluding hydrogens is 327 g/mol. The first-order valence-corrected chi connectivity index (χ1v) is 8.58. The predicted octanol–water partition coefficient (Wildman–Crippen LogP) is 2.42. The lowest BCUT2D eigenvalue weighted by atomic mass is 10.3. The van der Waals surface area contributed by atoms with Crippen LogP contribution in [0.2, 0.25) is 10.0 Å². The Bertz CT molecular complexity index is 570. The summed E-state index contributed by atoms with van der Waals surface area (Å²) in [7, 11) is -2.92. The van der Waals surface area contributed by atoms with Crippen molar-refractivity contribution in [3.05, 3.63) is 28.2 Å². The topological polar surface area (TPSA) is 49.4 Å². The average Bonchev–Trinajstić information content (AvgIpc) is 2.33. The summed E-state index contributed by atoms with van der Waals surface area (Å²) in [5.74, 6) is 0.232. The standard InChI is InChI=1S/C11H12Cl2N2O2S2/c12-8-2-1-3-9(13)10(8)14-11(18)15-4-6-19(16,17)7-5-15/h1-3H,4-7H2,(H,14,18). The Morgan fingerprint density at radius 1 is 1.21 bits per heavy atom. The van der Waals surface area contributed by atoms with Gasteiger partial charge in [0.05, 0.1) is 27.2 Å². The highest BCUT2D eigenvalue weighted by Crippen LogP contribution is 2.30. The quantitative estimate of drug-likeness (QED) is 0.797. The maximum Gasteiger partial charge on any atom is 0.173 e. The molecule has 8 heteroatoms. The fraction of sp³-hybridized carbons (Fsp3) is 0.364. The number of halogens is 2. The summed E-state index contributed by atoms with van der Waals surface area (Å²) in [6.45, 7) is 0.770. The van der Waals surface area contributed by atoms with Crippen LogP contribution in [0.3, 0.4) is 0 Å². The maximum absolute atomic E-state index is 11.4. The number of nitrogens with one attached hydrogen (secondary N) is 1. The largest absolute Gasteiger partial charge is 0.347 e. The molecule has 0 aromatic heterocycles. The van der Waals surface area contributed by atoms with Crippen LogP contribution >= 0.6 is 35.4 Å². The van der Waals surface area contributed by atoms with E-state index in [4.69, 9.17) is 35.4 Å². The summed E-state index contributed by atoms with van der Waals surface area (Å²) in [6, 6.07) is 5.16. The lowest BCUT2D eigenvalue weighted by Crippen LogP contribution is -2.45. The Morgan fingerprint density at radius 3 is 2.26 bits per heavy atom. The molecule has 1 heterocycles. The van der Waals surface area contributed by atoms with Crippen molar-refractivity contribution in [3.8, 4) is 0 Å². The van der Waals surface area contributed by atoms with E-state index in [1.807, 2.05) is 0 Å². The van der Waals surface area contributed by atoms with Crippen LogP contribution in [0.5, 0.6) is 0 Å². The molecule has 1 aromatic carbocycles. The summed E-state index contributed by atoms with van der Waals surface area (Å²) in [4.78, 5) is 1.80. The van der Waals surface area contributed by atoms with Crippen molar-refractivity contribution in [1.82, 2.24) is 4.90 Å². The van der Waals surface area contributed by atoms with Crippen LogP contribution in [0.1, 0.15) is 0 Å². The van der Waals surface area contributed by atoms with Crippen molar-refractivity contribution in [2.24, 2.45) is 0 Å². The summed E-state index contributed by atoms with van der Waals surface area (Å²) in [5.41, 5.74) is 0.546. The minimum Gasteiger partial charge on any atom is -0.347 e. The molecule has 1 aromatic rings. The van der Waals surface area contributed by atoms with Gasteiger partial charge in [0.2, 0.25) is 0 Å². The van der Waals surface area contributed by atoms with Crippen molar-refractivity contribution in [1.29, 1.82) is 0 Å². The van der Waals surface area contributed by atoms with Gasteiger partial charge in [0, 0.05) is 13.1 Å². The van der Waals surface area contributed by atoms with E-state index in [0.29, 0.717) is 33.9 Å². The number of rotatable bonds is 1. The molecule has 0 bridgehead atoms. The van der Waals surface area contributed by atoms with Crippen molar-refractivity contribution in [2.75, 3.05) is 29.9 Å². The Hall–Kier alpha value is -0.560. The van der Waals surface area contributed by atoms with Gasteiger partial charge in [0.15, 0.2) is 14.9 Å². The number of thiocarbonyl (C=S) groups is 1. The number of benzene rings is 1. The van der Waals surface area contributed by atoms with Gasteiger partial charge in [-0.05, 0) is 24.4 Å². The molecule has 0 atom stereocenters. The smallest absolute Gasteiger partial charge is 0.173 e. The Balaban J connectivity index is 2.06. The van der Waals surface area contributed by atoms with Crippen LogP contribution in [0.15, 0.2) is 18.2 Å². The molecule has 0 spiro atoms. The fourth-order valence-electron chi connectivity index (χ4n) is 1.72. The SMILES string of the molecule is O=S1(=O)CCN(C(=S)Nc2c(Cl)cccc2Cl)CC1. The molecule has 2 rings (SSSR count). The predicted molar refractivity (Wildman–Crippen MR) is 82.9 cm³/mol. The second-order valence-electron chi connectivity index (χ2n) is 4.17. The Kier molecular flexibility index (Phi) is 4.55. The van der Waals surface area contributed by atoms with E-state index in [1.54, 1.807) is 23.1 Å². The van der Waals surface area contributed by atoms with Crippen LogP contribution in [0.25, 0.3) is 0 Å². The van der Waals surface area contributed by atoms with Gasteiger partial charge in [-0.2, -0.15) is 0 Å². The van der Waals surface area contributed by atoms with Gasteiger partial charge >= 0.3 is 0 Å². The van der Waals surface area contributed by atoms with Crippen LogP contribution in [-0.2, 0) is 9.84 Å². The number of hydrogen-bond acceptors (Lipinski definition) is 3. The first kappa shape index (κ1) is 14.8. The molecule has 0 unspecified atom stereocenters. The molecule has 1 saturated heterocycles. The highest BCUT2D eigenvalue weighted by molar-refractivity contribution is 7.91. The van der Waals surface area contributed by atoms with Crippen LogP contribution in [-0.4, -0.2) is 43.0 Å². The molecule has 1 N–H and O–H groups in total. The monoisotopic (exact) mass is 338 g/mol. The molecule has 0 aliphatic carbocycles. The number of nitrogens with zero attached hydrogens (tertiary/aromatic N) is 1. The summed E-state index contributed by atoms with van der Waals surface area (Å²) >= 11 is 17.3. The minimum absolute atomic E-state index is 0.116. The molecule has 19 heavy (non-hydrogen) atoms. The van der Waals surface area contributed by atoms with Gasteiger partial charge < -0.3 is 10.2 Å². The average molecular weight is 339 g/mol. The molecular formula is C11H12Cl2N2O2S2. The second-order valence-corrected chi connectivity index (χ2v) is 7.67. The molecule has 1 fully saturated rings. The normalized spacial score (nSPS) is 18.1. The molecule has 0 amide bonds. The molecule has 0 saturated carbocycles. The van der Waals surface area contributed by atoms with E-state index < -0.39 is 9.84 Å². The van der Waals surface area contributed by atoms with Gasteiger partial charge in [0.1, 0.15) is 0 Å². The summed E-state index contributed by atoms with van der Waals surface area (Å²) in [6.07, 6.45) is 0. The number of anilines is 1.